The van der Waals surface area contributed by atoms with Crippen LogP contribution in [0.3, 0.4) is 0 Å². The van der Waals surface area contributed by atoms with Crippen molar-refractivity contribution in [1.29, 1.82) is 0 Å². The van der Waals surface area contributed by atoms with E-state index >= 15 is 0 Å². The minimum absolute atomic E-state index is 0.136. The van der Waals surface area contributed by atoms with Crippen molar-refractivity contribution in [2.75, 3.05) is 7.05 Å². The highest BCUT2D eigenvalue weighted by atomic mass is 127. The molecule has 1 unspecified atom stereocenters. The number of benzene rings is 1. The molecule has 0 saturated carbocycles. The Kier molecular flexibility index (Phi) is 3.60. The lowest BCUT2D eigenvalue weighted by atomic mass is 10.2. The van der Waals surface area contributed by atoms with E-state index in [4.69, 9.17) is 4.42 Å². The lowest BCUT2D eigenvalue weighted by Gasteiger charge is -2.03. The molecule has 0 aliphatic carbocycles. The van der Waals surface area contributed by atoms with Gasteiger partial charge in [-0.25, -0.2) is 4.98 Å². The van der Waals surface area contributed by atoms with Gasteiger partial charge < -0.3 is 9.73 Å². The third kappa shape index (κ3) is 2.44. The number of rotatable bonds is 3. The summed E-state index contributed by atoms with van der Waals surface area (Å²) in [5, 5.41) is 3.10. The van der Waals surface area contributed by atoms with Gasteiger partial charge in [0.15, 0.2) is 5.76 Å². The summed E-state index contributed by atoms with van der Waals surface area (Å²) < 4.78 is 6.89. The van der Waals surface area contributed by atoms with E-state index in [2.05, 4.69) is 45.0 Å². The number of nitrogens with one attached hydrogen (secondary N) is 1. The molecule has 1 heterocycles. The van der Waals surface area contributed by atoms with Crippen molar-refractivity contribution in [3.63, 3.8) is 0 Å². The van der Waals surface area contributed by atoms with Crippen molar-refractivity contribution in [3.05, 3.63) is 39.9 Å². The quantitative estimate of drug-likeness (QED) is 0.879. The second kappa shape index (κ2) is 4.97. The molecule has 0 fully saturated rings. The van der Waals surface area contributed by atoms with Crippen molar-refractivity contribution in [2.45, 2.75) is 13.0 Å². The van der Waals surface area contributed by atoms with Crippen molar-refractivity contribution in [3.8, 4) is 11.3 Å². The molecular weight excluding hydrogens is 315 g/mol. The minimum atomic E-state index is 0.136. The van der Waals surface area contributed by atoms with Gasteiger partial charge in [0.1, 0.15) is 0 Å². The number of hydrogen-bond donors (Lipinski definition) is 1. The first-order valence-corrected chi connectivity index (χ1v) is 6.17. The normalized spacial score (nSPS) is 12.7. The van der Waals surface area contributed by atoms with Crippen LogP contribution < -0.4 is 5.32 Å². The number of nitrogens with zero attached hydrogens (tertiary/aromatic N) is 1. The maximum Gasteiger partial charge on any atom is 0.211 e. The second-order valence-corrected chi connectivity index (χ2v) is 4.83. The van der Waals surface area contributed by atoms with E-state index in [1.54, 1.807) is 6.20 Å². The Morgan fingerprint density at radius 2 is 2.25 bits per heavy atom. The van der Waals surface area contributed by atoms with Crippen molar-refractivity contribution < 1.29 is 4.42 Å². The molecule has 0 radical (unpaired) electrons. The van der Waals surface area contributed by atoms with Gasteiger partial charge in [-0.15, -0.1) is 0 Å². The van der Waals surface area contributed by atoms with Gasteiger partial charge >= 0.3 is 0 Å². The van der Waals surface area contributed by atoms with E-state index in [9.17, 15) is 0 Å². The lowest BCUT2D eigenvalue weighted by molar-refractivity contribution is 0.441. The highest BCUT2D eigenvalue weighted by molar-refractivity contribution is 14.1. The maximum atomic E-state index is 5.70. The summed E-state index contributed by atoms with van der Waals surface area (Å²) >= 11 is 2.29. The molecule has 0 spiro atoms. The average molecular weight is 328 g/mol. The smallest absolute Gasteiger partial charge is 0.211 e. The van der Waals surface area contributed by atoms with Gasteiger partial charge in [0.05, 0.1) is 12.2 Å². The maximum absolute atomic E-state index is 5.70. The van der Waals surface area contributed by atoms with Gasteiger partial charge in [0, 0.05) is 9.13 Å². The molecule has 1 N–H and O–H groups in total. The first-order valence-electron chi connectivity index (χ1n) is 5.09. The number of hydrogen-bond acceptors (Lipinski definition) is 3. The van der Waals surface area contributed by atoms with Crippen LogP contribution in [-0.2, 0) is 0 Å². The summed E-state index contributed by atoms with van der Waals surface area (Å²) in [5.41, 5.74) is 1.06. The van der Waals surface area contributed by atoms with Crippen molar-refractivity contribution in [2.24, 2.45) is 0 Å². The topological polar surface area (TPSA) is 38.1 Å². The molecule has 1 aromatic carbocycles. The molecule has 1 aromatic heterocycles. The van der Waals surface area contributed by atoms with Gasteiger partial charge in [-0.2, -0.15) is 0 Å². The Bertz CT molecular complexity index is 481. The highest BCUT2D eigenvalue weighted by Gasteiger charge is 2.11. The summed E-state index contributed by atoms with van der Waals surface area (Å²) in [6.07, 6.45) is 1.77. The van der Waals surface area contributed by atoms with Gasteiger partial charge in [0.25, 0.3) is 0 Å². The molecule has 0 aliphatic rings. The number of aromatic nitrogens is 1. The minimum Gasteiger partial charge on any atom is -0.439 e. The molecule has 2 rings (SSSR count). The van der Waals surface area contributed by atoms with Crippen molar-refractivity contribution >= 4 is 22.6 Å². The fourth-order valence-electron chi connectivity index (χ4n) is 1.39. The molecule has 0 amide bonds. The van der Waals surface area contributed by atoms with E-state index in [1.807, 2.05) is 26.1 Å². The van der Waals surface area contributed by atoms with Gasteiger partial charge in [-0.1, -0.05) is 12.1 Å². The van der Waals surface area contributed by atoms with E-state index in [-0.39, 0.29) is 6.04 Å². The highest BCUT2D eigenvalue weighted by Crippen LogP contribution is 2.24. The zero-order valence-electron chi connectivity index (χ0n) is 9.20. The monoisotopic (exact) mass is 328 g/mol. The molecule has 0 bridgehead atoms. The number of halogens is 1. The summed E-state index contributed by atoms with van der Waals surface area (Å²) in [7, 11) is 1.89. The Hall–Kier alpha value is -0.880. The predicted octanol–water partition coefficient (Wildman–Crippen LogP) is 3.23. The van der Waals surface area contributed by atoms with E-state index < -0.39 is 0 Å². The van der Waals surface area contributed by atoms with Crippen LogP contribution in [0.15, 0.2) is 34.9 Å². The SMILES string of the molecule is CNC(C)c1ncc(-c2cccc(I)c2)o1. The predicted molar refractivity (Wildman–Crippen MR) is 72.1 cm³/mol. The van der Waals surface area contributed by atoms with Crippen LogP contribution in [0.5, 0.6) is 0 Å². The van der Waals surface area contributed by atoms with E-state index in [0.29, 0.717) is 0 Å². The molecule has 1 atom stereocenters. The molecule has 2 aromatic rings. The largest absolute Gasteiger partial charge is 0.439 e. The fourth-order valence-corrected chi connectivity index (χ4v) is 1.93. The third-order valence-corrected chi connectivity index (χ3v) is 3.11. The Labute approximate surface area is 108 Å². The standard InChI is InChI=1S/C12H13IN2O/c1-8(14-2)12-15-7-11(16-12)9-4-3-5-10(13)6-9/h3-8,14H,1-2H3. The van der Waals surface area contributed by atoms with E-state index in [0.717, 1.165) is 17.2 Å². The van der Waals surface area contributed by atoms with Gasteiger partial charge in [-0.05, 0) is 48.7 Å². The molecule has 84 valence electrons. The van der Waals surface area contributed by atoms with Crippen LogP contribution in [0.25, 0.3) is 11.3 Å². The zero-order chi connectivity index (χ0) is 11.5. The van der Waals surface area contributed by atoms with Crippen LogP contribution >= 0.6 is 22.6 Å². The first-order chi connectivity index (χ1) is 7.70. The average Bonchev–Trinajstić information content (AvgIpc) is 2.77. The van der Waals surface area contributed by atoms with Gasteiger partial charge in [-0.3, -0.25) is 0 Å². The van der Waals surface area contributed by atoms with Crippen molar-refractivity contribution in [1.82, 2.24) is 10.3 Å². The molecule has 16 heavy (non-hydrogen) atoms. The summed E-state index contributed by atoms with van der Waals surface area (Å²) in [4.78, 5) is 4.26. The lowest BCUT2D eigenvalue weighted by Crippen LogP contribution is -2.12. The van der Waals surface area contributed by atoms with E-state index in [1.165, 1.54) is 3.57 Å². The summed E-state index contributed by atoms with van der Waals surface area (Å²) in [6.45, 7) is 2.02. The molecule has 4 heteroatoms. The number of oxazole rings is 1. The second-order valence-electron chi connectivity index (χ2n) is 3.58. The van der Waals surface area contributed by atoms with Gasteiger partial charge in [0.2, 0.25) is 5.89 Å². The molecule has 3 nitrogen and oxygen atoms in total. The van der Waals surface area contributed by atoms with Crippen LogP contribution in [-0.4, -0.2) is 12.0 Å². The van der Waals surface area contributed by atoms with Crippen LogP contribution in [0.4, 0.5) is 0 Å². The first kappa shape index (κ1) is 11.6. The summed E-state index contributed by atoms with van der Waals surface area (Å²) in [6, 6.07) is 8.31. The Morgan fingerprint density at radius 1 is 1.44 bits per heavy atom. The molecule has 0 saturated heterocycles. The van der Waals surface area contributed by atoms with Crippen LogP contribution in [0.2, 0.25) is 0 Å². The van der Waals surface area contributed by atoms with Crippen LogP contribution in [0.1, 0.15) is 18.9 Å². The van der Waals surface area contributed by atoms with Crippen LogP contribution in [0, 0.1) is 3.57 Å². The Morgan fingerprint density at radius 3 is 2.94 bits per heavy atom. The molecule has 0 aliphatic heterocycles. The Balaban J connectivity index is 2.31. The zero-order valence-corrected chi connectivity index (χ0v) is 11.4. The fraction of sp³-hybridized carbons (Fsp3) is 0.250. The molecular formula is C12H13IN2O. The summed E-state index contributed by atoms with van der Waals surface area (Å²) in [5.74, 6) is 1.53. The third-order valence-electron chi connectivity index (χ3n) is 2.44.